The van der Waals surface area contributed by atoms with Crippen molar-refractivity contribution in [2.75, 3.05) is 0 Å². The molecule has 4 nitrogen and oxygen atoms in total. The van der Waals surface area contributed by atoms with Gasteiger partial charge in [0.05, 0.1) is 12.2 Å². The average Bonchev–Trinajstić information content (AvgIpc) is 2.55. The number of hydrogen-bond donors (Lipinski definition) is 3. The lowest BCUT2D eigenvalue weighted by atomic mass is 10.0. The van der Waals surface area contributed by atoms with Gasteiger partial charge in [0.25, 0.3) is 0 Å². The number of carbonyl (C=O) groups is 1. The molecule has 0 bridgehead atoms. The van der Waals surface area contributed by atoms with Crippen LogP contribution < -0.4 is 0 Å². The number of aliphatic carboxylic acids is 1. The Balaban J connectivity index is 3.31. The molecule has 0 spiro atoms. The molecule has 3 N–H and O–H groups in total. The van der Waals surface area contributed by atoms with Crippen molar-refractivity contribution in [3.8, 4) is 0 Å². The maximum atomic E-state index is 10.4. The van der Waals surface area contributed by atoms with E-state index in [-0.39, 0.29) is 18.6 Å². The van der Waals surface area contributed by atoms with Crippen molar-refractivity contribution in [3.63, 3.8) is 0 Å². The smallest absolute Gasteiger partial charge is 0.303 e. The molecule has 2 atom stereocenters. The van der Waals surface area contributed by atoms with E-state index < -0.39 is 5.97 Å². The lowest BCUT2D eigenvalue weighted by Gasteiger charge is -2.14. The summed E-state index contributed by atoms with van der Waals surface area (Å²) in [5.74, 6) is -0.699. The molecule has 0 rings (SSSR count). The SMILES string of the molecule is CCCCCCC(O)CCC(O)CCCCCCCCCC(=O)O. The highest BCUT2D eigenvalue weighted by Crippen LogP contribution is 2.15. The summed E-state index contributed by atoms with van der Waals surface area (Å²) >= 11 is 0. The van der Waals surface area contributed by atoms with Crippen molar-refractivity contribution >= 4 is 5.97 Å². The van der Waals surface area contributed by atoms with Crippen molar-refractivity contribution < 1.29 is 20.1 Å². The molecule has 2 unspecified atom stereocenters. The Hall–Kier alpha value is -0.610. The monoisotopic (exact) mass is 344 g/mol. The highest BCUT2D eigenvalue weighted by molar-refractivity contribution is 5.66. The number of carboxylic acids is 1. The highest BCUT2D eigenvalue weighted by atomic mass is 16.4. The average molecular weight is 345 g/mol. The van der Waals surface area contributed by atoms with Crippen LogP contribution in [0.4, 0.5) is 0 Å². The van der Waals surface area contributed by atoms with Crippen LogP contribution in [0.3, 0.4) is 0 Å². The summed E-state index contributed by atoms with van der Waals surface area (Å²) in [5, 5.41) is 28.4. The molecule has 0 aliphatic heterocycles. The zero-order chi connectivity index (χ0) is 18.0. The van der Waals surface area contributed by atoms with Crippen molar-refractivity contribution in [1.82, 2.24) is 0 Å². The first kappa shape index (κ1) is 23.4. The van der Waals surface area contributed by atoms with Gasteiger partial charge in [0, 0.05) is 6.42 Å². The molecule has 0 saturated carbocycles. The van der Waals surface area contributed by atoms with E-state index in [4.69, 9.17) is 5.11 Å². The molecule has 0 saturated heterocycles. The van der Waals surface area contributed by atoms with E-state index in [0.29, 0.717) is 6.42 Å². The Kier molecular flexibility index (Phi) is 16.8. The largest absolute Gasteiger partial charge is 0.481 e. The quantitative estimate of drug-likeness (QED) is 0.304. The van der Waals surface area contributed by atoms with E-state index in [1.54, 1.807) is 0 Å². The van der Waals surface area contributed by atoms with Gasteiger partial charge in [-0.2, -0.15) is 0 Å². The van der Waals surface area contributed by atoms with E-state index in [1.165, 1.54) is 25.7 Å². The Morgan fingerprint density at radius 2 is 1.08 bits per heavy atom. The van der Waals surface area contributed by atoms with Gasteiger partial charge in [0.15, 0.2) is 0 Å². The van der Waals surface area contributed by atoms with Gasteiger partial charge < -0.3 is 15.3 Å². The zero-order valence-corrected chi connectivity index (χ0v) is 15.7. The number of unbranched alkanes of at least 4 members (excludes halogenated alkanes) is 9. The van der Waals surface area contributed by atoms with Crippen LogP contribution in [0.25, 0.3) is 0 Å². The van der Waals surface area contributed by atoms with Gasteiger partial charge in [-0.15, -0.1) is 0 Å². The Labute approximate surface area is 148 Å². The van der Waals surface area contributed by atoms with Gasteiger partial charge in [-0.3, -0.25) is 4.79 Å². The first-order valence-corrected chi connectivity index (χ1v) is 10.1. The predicted octanol–water partition coefficient (Wildman–Crippen LogP) is 5.05. The first-order chi connectivity index (χ1) is 11.6. The molecule has 0 fully saturated rings. The van der Waals surface area contributed by atoms with Crippen LogP contribution in [-0.2, 0) is 4.79 Å². The molecule has 144 valence electrons. The minimum Gasteiger partial charge on any atom is -0.481 e. The number of carboxylic acid groups (broad SMARTS) is 1. The summed E-state index contributed by atoms with van der Waals surface area (Å²) in [6.07, 6.45) is 15.1. The van der Waals surface area contributed by atoms with Crippen LogP contribution in [-0.4, -0.2) is 33.5 Å². The fourth-order valence-corrected chi connectivity index (χ4v) is 3.02. The maximum Gasteiger partial charge on any atom is 0.303 e. The lowest BCUT2D eigenvalue weighted by Crippen LogP contribution is -2.13. The zero-order valence-electron chi connectivity index (χ0n) is 15.7. The summed E-state index contributed by atoms with van der Waals surface area (Å²) in [6, 6.07) is 0. The third-order valence-corrected chi connectivity index (χ3v) is 4.65. The third kappa shape index (κ3) is 17.7. The highest BCUT2D eigenvalue weighted by Gasteiger charge is 2.09. The van der Waals surface area contributed by atoms with Gasteiger partial charge in [-0.25, -0.2) is 0 Å². The molecular formula is C20H40O4. The normalized spacial score (nSPS) is 13.8. The number of aliphatic hydroxyl groups is 2. The summed E-state index contributed by atoms with van der Waals surface area (Å²) in [7, 11) is 0. The predicted molar refractivity (Wildman–Crippen MR) is 99.2 cm³/mol. The van der Waals surface area contributed by atoms with Crippen molar-refractivity contribution in [1.29, 1.82) is 0 Å². The molecule has 4 heteroatoms. The second-order valence-corrected chi connectivity index (χ2v) is 7.14. The van der Waals surface area contributed by atoms with Crippen LogP contribution in [0.15, 0.2) is 0 Å². The van der Waals surface area contributed by atoms with E-state index in [0.717, 1.165) is 64.2 Å². The van der Waals surface area contributed by atoms with Crippen LogP contribution in [0.1, 0.15) is 110 Å². The van der Waals surface area contributed by atoms with E-state index in [9.17, 15) is 15.0 Å². The van der Waals surface area contributed by atoms with Gasteiger partial charge in [0.2, 0.25) is 0 Å². The number of hydrogen-bond acceptors (Lipinski definition) is 3. The topological polar surface area (TPSA) is 77.8 Å². The summed E-state index contributed by atoms with van der Waals surface area (Å²) in [6.45, 7) is 2.19. The maximum absolute atomic E-state index is 10.4. The second-order valence-electron chi connectivity index (χ2n) is 7.14. The summed E-state index contributed by atoms with van der Waals surface area (Å²) in [4.78, 5) is 10.4. The summed E-state index contributed by atoms with van der Waals surface area (Å²) < 4.78 is 0. The third-order valence-electron chi connectivity index (χ3n) is 4.65. The fraction of sp³-hybridized carbons (Fsp3) is 0.950. The van der Waals surface area contributed by atoms with Crippen LogP contribution in [0, 0.1) is 0 Å². The van der Waals surface area contributed by atoms with E-state index in [1.807, 2.05) is 0 Å². The second kappa shape index (κ2) is 17.2. The van der Waals surface area contributed by atoms with Gasteiger partial charge in [0.1, 0.15) is 0 Å². The van der Waals surface area contributed by atoms with Gasteiger partial charge in [-0.05, 0) is 32.1 Å². The Bertz CT molecular complexity index is 281. The van der Waals surface area contributed by atoms with E-state index in [2.05, 4.69) is 6.92 Å². The van der Waals surface area contributed by atoms with Gasteiger partial charge >= 0.3 is 5.97 Å². The Morgan fingerprint density at radius 1 is 0.667 bits per heavy atom. The molecule has 0 aromatic rings. The molecule has 0 aromatic heterocycles. The molecule has 24 heavy (non-hydrogen) atoms. The molecule has 0 aliphatic carbocycles. The minimum absolute atomic E-state index is 0.248. The molecular weight excluding hydrogens is 304 g/mol. The van der Waals surface area contributed by atoms with Crippen molar-refractivity contribution in [3.05, 3.63) is 0 Å². The first-order valence-electron chi connectivity index (χ1n) is 10.1. The standard InChI is InChI=1S/C20H40O4/c1-2-3-4-10-13-18(21)16-17-19(22)14-11-8-6-5-7-9-12-15-20(23)24/h18-19,21-22H,2-17H2,1H3,(H,23,24). The molecule has 0 amide bonds. The fourth-order valence-electron chi connectivity index (χ4n) is 3.02. The van der Waals surface area contributed by atoms with Crippen molar-refractivity contribution in [2.24, 2.45) is 0 Å². The van der Waals surface area contributed by atoms with Crippen LogP contribution in [0.2, 0.25) is 0 Å². The van der Waals surface area contributed by atoms with Crippen molar-refractivity contribution in [2.45, 2.75) is 122 Å². The lowest BCUT2D eigenvalue weighted by molar-refractivity contribution is -0.137. The number of rotatable bonds is 18. The van der Waals surface area contributed by atoms with Gasteiger partial charge in [-0.1, -0.05) is 71.1 Å². The molecule has 0 radical (unpaired) electrons. The van der Waals surface area contributed by atoms with E-state index >= 15 is 0 Å². The number of aliphatic hydroxyl groups excluding tert-OH is 2. The molecule has 0 aliphatic rings. The van der Waals surface area contributed by atoms with Crippen LogP contribution in [0.5, 0.6) is 0 Å². The summed E-state index contributed by atoms with van der Waals surface area (Å²) in [5.41, 5.74) is 0. The molecule has 0 aromatic carbocycles. The minimum atomic E-state index is -0.699. The van der Waals surface area contributed by atoms with Crippen LogP contribution >= 0.6 is 0 Å². The molecule has 0 heterocycles. The Morgan fingerprint density at radius 3 is 1.54 bits per heavy atom.